The number of aliphatic imine (C=N–C) groups is 1. The Labute approximate surface area is 170 Å². The van der Waals surface area contributed by atoms with Crippen molar-refractivity contribution in [3.05, 3.63) is 42.0 Å². The summed E-state index contributed by atoms with van der Waals surface area (Å²) >= 11 is 0. The smallest absolute Gasteiger partial charge is 0.324 e. The normalized spacial score (nSPS) is 25.3. The van der Waals surface area contributed by atoms with E-state index in [1.54, 1.807) is 6.34 Å². The first-order valence-electron chi connectivity index (χ1n) is 10.3. The number of para-hydroxylation sites is 2. The van der Waals surface area contributed by atoms with E-state index in [1.165, 1.54) is 0 Å². The number of hydrogen-bond acceptors (Lipinski definition) is 5. The lowest BCUT2D eigenvalue weighted by Gasteiger charge is -2.39. The number of likely N-dealkylation sites (tertiary alicyclic amines) is 1. The zero-order chi connectivity index (χ0) is 20.2. The summed E-state index contributed by atoms with van der Waals surface area (Å²) in [6.07, 6.45) is 5.51. The standard InChI is InChI=1S/C21H26N6O2/c1-14(2)21(23-12-24-29-21)19-18-15(3)27(20(28)25-10-6-7-11-25)17-9-5-4-8-16(17)26(18)13-22-19/h4-5,8-9,12-15H,6-7,10-11H2,1-3H3,(H,23,24)/t15-,21?/m0/s1. The summed E-state index contributed by atoms with van der Waals surface area (Å²) in [5, 5.41) is 0. The zero-order valence-electron chi connectivity index (χ0n) is 17.0. The van der Waals surface area contributed by atoms with Crippen molar-refractivity contribution < 1.29 is 9.63 Å². The number of nitrogens with one attached hydrogen (secondary N) is 1. The molecule has 152 valence electrons. The average molecular weight is 394 g/mol. The number of urea groups is 1. The predicted octanol–water partition coefficient (Wildman–Crippen LogP) is 3.34. The maximum Gasteiger partial charge on any atom is 0.325 e. The third-order valence-corrected chi connectivity index (χ3v) is 6.22. The number of hydroxylamine groups is 1. The Morgan fingerprint density at radius 3 is 2.62 bits per heavy atom. The summed E-state index contributed by atoms with van der Waals surface area (Å²) in [6, 6.07) is 7.84. The van der Waals surface area contributed by atoms with Gasteiger partial charge in [-0.05, 0) is 31.9 Å². The van der Waals surface area contributed by atoms with E-state index < -0.39 is 5.72 Å². The number of fused-ring (bicyclic) bond motifs is 3. The first kappa shape index (κ1) is 18.2. The molecule has 2 aromatic rings. The monoisotopic (exact) mass is 394 g/mol. The van der Waals surface area contributed by atoms with Crippen LogP contribution in [0.5, 0.6) is 0 Å². The molecule has 5 rings (SSSR count). The molecule has 1 N–H and O–H groups in total. The van der Waals surface area contributed by atoms with Crippen LogP contribution in [0.3, 0.4) is 0 Å². The second-order valence-electron chi connectivity index (χ2n) is 8.19. The molecule has 29 heavy (non-hydrogen) atoms. The predicted molar refractivity (Wildman–Crippen MR) is 110 cm³/mol. The second-order valence-corrected chi connectivity index (χ2v) is 8.19. The molecule has 0 saturated carbocycles. The molecule has 3 aliphatic rings. The number of rotatable bonds is 2. The molecule has 8 heteroatoms. The third kappa shape index (κ3) is 2.51. The number of amides is 2. The van der Waals surface area contributed by atoms with Gasteiger partial charge in [0.05, 0.1) is 23.1 Å². The SMILES string of the molecule is CC(C)C1(c2ncn3c2[C@H](C)N(C(=O)N2CCCC2)c2ccccc2-3)N=CNO1. The lowest BCUT2D eigenvalue weighted by Crippen LogP contribution is -2.46. The van der Waals surface area contributed by atoms with Gasteiger partial charge in [-0.1, -0.05) is 26.0 Å². The molecule has 2 amide bonds. The van der Waals surface area contributed by atoms with Crippen LogP contribution >= 0.6 is 0 Å². The summed E-state index contributed by atoms with van der Waals surface area (Å²) in [5.41, 5.74) is 5.39. The molecule has 0 aliphatic carbocycles. The van der Waals surface area contributed by atoms with Gasteiger partial charge >= 0.3 is 6.03 Å². The largest absolute Gasteiger partial charge is 0.325 e. The fourth-order valence-corrected chi connectivity index (χ4v) is 4.67. The molecule has 4 heterocycles. The molecule has 0 spiro atoms. The highest BCUT2D eigenvalue weighted by Crippen LogP contribution is 2.45. The Morgan fingerprint density at radius 1 is 1.24 bits per heavy atom. The quantitative estimate of drug-likeness (QED) is 0.848. The summed E-state index contributed by atoms with van der Waals surface area (Å²) in [7, 11) is 0. The number of nitrogens with zero attached hydrogens (tertiary/aromatic N) is 5. The Kier molecular flexibility index (Phi) is 4.13. The van der Waals surface area contributed by atoms with Crippen molar-refractivity contribution in [2.45, 2.75) is 45.4 Å². The van der Waals surface area contributed by atoms with Gasteiger partial charge < -0.3 is 4.90 Å². The average Bonchev–Trinajstić information content (AvgIpc) is 3.48. The maximum atomic E-state index is 13.5. The molecule has 1 fully saturated rings. The van der Waals surface area contributed by atoms with Crippen molar-refractivity contribution in [3.8, 4) is 5.69 Å². The highest BCUT2D eigenvalue weighted by molar-refractivity contribution is 5.96. The molecular weight excluding hydrogens is 368 g/mol. The molecule has 2 atom stereocenters. The van der Waals surface area contributed by atoms with Crippen molar-refractivity contribution in [3.63, 3.8) is 0 Å². The number of anilines is 1. The van der Waals surface area contributed by atoms with Gasteiger partial charge in [0.2, 0.25) is 5.72 Å². The number of carbonyl (C=O) groups is 1. The zero-order valence-corrected chi connectivity index (χ0v) is 17.0. The topological polar surface area (TPSA) is 75.0 Å². The van der Waals surface area contributed by atoms with E-state index >= 15 is 0 Å². The molecule has 1 aromatic heterocycles. The van der Waals surface area contributed by atoms with Crippen LogP contribution in [0.1, 0.15) is 51.0 Å². The highest BCUT2D eigenvalue weighted by Gasteiger charge is 2.48. The summed E-state index contributed by atoms with van der Waals surface area (Å²) in [5.74, 6) is 0.0560. The minimum Gasteiger partial charge on any atom is -0.324 e. The second kappa shape index (κ2) is 6.59. The first-order valence-corrected chi connectivity index (χ1v) is 10.3. The van der Waals surface area contributed by atoms with Crippen LogP contribution in [0.2, 0.25) is 0 Å². The van der Waals surface area contributed by atoms with Crippen LogP contribution in [0, 0.1) is 5.92 Å². The van der Waals surface area contributed by atoms with Crippen molar-refractivity contribution in [2.24, 2.45) is 10.9 Å². The summed E-state index contributed by atoms with van der Waals surface area (Å²) in [6.45, 7) is 7.80. The van der Waals surface area contributed by atoms with Gasteiger partial charge in [-0.25, -0.2) is 19.6 Å². The Balaban J connectivity index is 1.68. The number of imidazole rings is 1. The van der Waals surface area contributed by atoms with E-state index in [2.05, 4.69) is 35.8 Å². The number of aromatic nitrogens is 2. The van der Waals surface area contributed by atoms with Crippen LogP contribution in [-0.2, 0) is 10.6 Å². The third-order valence-electron chi connectivity index (χ3n) is 6.22. The van der Waals surface area contributed by atoms with Gasteiger partial charge in [-0.3, -0.25) is 14.9 Å². The van der Waals surface area contributed by atoms with E-state index in [1.807, 2.05) is 40.4 Å². The number of carbonyl (C=O) groups excluding carboxylic acids is 1. The van der Waals surface area contributed by atoms with Crippen LogP contribution in [-0.4, -0.2) is 39.9 Å². The molecule has 3 aliphatic heterocycles. The van der Waals surface area contributed by atoms with Crippen LogP contribution in [0.15, 0.2) is 35.6 Å². The van der Waals surface area contributed by atoms with Crippen molar-refractivity contribution in [2.75, 3.05) is 18.0 Å². The van der Waals surface area contributed by atoms with Gasteiger partial charge in [0.1, 0.15) is 18.4 Å². The van der Waals surface area contributed by atoms with Gasteiger partial charge in [-0.15, -0.1) is 0 Å². The molecule has 1 aromatic carbocycles. The van der Waals surface area contributed by atoms with E-state index in [0.717, 1.165) is 48.7 Å². The fraction of sp³-hybridized carbons (Fsp3) is 0.476. The molecule has 1 unspecified atom stereocenters. The van der Waals surface area contributed by atoms with Crippen LogP contribution < -0.4 is 10.4 Å². The minimum absolute atomic E-state index is 0.0495. The van der Waals surface area contributed by atoms with E-state index in [9.17, 15) is 4.79 Å². The molecule has 1 saturated heterocycles. The highest BCUT2D eigenvalue weighted by atomic mass is 16.7. The Morgan fingerprint density at radius 2 is 1.97 bits per heavy atom. The fourth-order valence-electron chi connectivity index (χ4n) is 4.67. The molecule has 0 bridgehead atoms. The van der Waals surface area contributed by atoms with E-state index in [0.29, 0.717) is 0 Å². The number of hydrogen-bond donors (Lipinski definition) is 1. The Hall–Kier alpha value is -2.87. The van der Waals surface area contributed by atoms with E-state index in [4.69, 9.17) is 9.82 Å². The van der Waals surface area contributed by atoms with Crippen molar-refractivity contribution in [1.82, 2.24) is 19.9 Å². The lowest BCUT2D eigenvalue weighted by atomic mass is 9.92. The van der Waals surface area contributed by atoms with Crippen LogP contribution in [0.25, 0.3) is 5.69 Å². The van der Waals surface area contributed by atoms with Crippen molar-refractivity contribution in [1.29, 1.82) is 0 Å². The summed E-state index contributed by atoms with van der Waals surface area (Å²) in [4.78, 5) is 32.6. The molecular formula is C21H26N6O2. The minimum atomic E-state index is -0.913. The lowest BCUT2D eigenvalue weighted by molar-refractivity contribution is -0.0936. The van der Waals surface area contributed by atoms with Gasteiger partial charge in [-0.2, -0.15) is 0 Å². The van der Waals surface area contributed by atoms with E-state index in [-0.39, 0.29) is 18.0 Å². The van der Waals surface area contributed by atoms with Crippen LogP contribution in [0.4, 0.5) is 10.5 Å². The number of benzene rings is 1. The Bertz CT molecular complexity index is 977. The summed E-state index contributed by atoms with van der Waals surface area (Å²) < 4.78 is 2.07. The molecule has 0 radical (unpaired) electrons. The van der Waals surface area contributed by atoms with Gasteiger partial charge in [0, 0.05) is 19.0 Å². The first-order chi connectivity index (χ1) is 14.0. The van der Waals surface area contributed by atoms with Gasteiger partial charge in [0.15, 0.2) is 0 Å². The molecule has 8 nitrogen and oxygen atoms in total. The van der Waals surface area contributed by atoms with Crippen molar-refractivity contribution >= 4 is 18.1 Å². The maximum absolute atomic E-state index is 13.5. The van der Waals surface area contributed by atoms with Gasteiger partial charge in [0.25, 0.3) is 0 Å².